The van der Waals surface area contributed by atoms with Crippen molar-refractivity contribution in [1.82, 2.24) is 14.6 Å². The average Bonchev–Trinajstić information content (AvgIpc) is 2.62. The number of anilines is 1. The molecule has 2 heterocycles. The first-order valence-electron chi connectivity index (χ1n) is 5.03. The SMILES string of the molecule is CC(C)(C)c1cc2ncc(C=O)c(N)n2n1. The fourth-order valence-corrected chi connectivity index (χ4v) is 1.42. The van der Waals surface area contributed by atoms with Gasteiger partial charge in [-0.2, -0.15) is 9.61 Å². The molecule has 0 unspecified atom stereocenters. The summed E-state index contributed by atoms with van der Waals surface area (Å²) in [5.74, 6) is 0.329. The van der Waals surface area contributed by atoms with Gasteiger partial charge < -0.3 is 5.73 Å². The molecular formula is C11H14N4O. The van der Waals surface area contributed by atoms with Gasteiger partial charge in [-0.3, -0.25) is 4.79 Å². The lowest BCUT2D eigenvalue weighted by Crippen LogP contribution is -2.12. The molecule has 84 valence electrons. The van der Waals surface area contributed by atoms with E-state index in [0.29, 0.717) is 23.3 Å². The Morgan fingerprint density at radius 1 is 1.44 bits per heavy atom. The molecule has 5 heteroatoms. The van der Waals surface area contributed by atoms with Crippen molar-refractivity contribution in [3.8, 4) is 0 Å². The second-order valence-corrected chi connectivity index (χ2v) is 4.77. The smallest absolute Gasteiger partial charge is 0.157 e. The molecule has 0 radical (unpaired) electrons. The highest BCUT2D eigenvalue weighted by molar-refractivity contribution is 5.81. The highest BCUT2D eigenvalue weighted by Gasteiger charge is 2.19. The number of nitrogen functional groups attached to an aromatic ring is 1. The summed E-state index contributed by atoms with van der Waals surface area (Å²) in [4.78, 5) is 14.8. The van der Waals surface area contributed by atoms with Crippen LogP contribution in [0.15, 0.2) is 12.3 Å². The summed E-state index contributed by atoms with van der Waals surface area (Å²) in [5.41, 5.74) is 7.66. The molecule has 0 saturated carbocycles. The largest absolute Gasteiger partial charge is 0.383 e. The summed E-state index contributed by atoms with van der Waals surface area (Å²) in [6, 6.07) is 1.88. The summed E-state index contributed by atoms with van der Waals surface area (Å²) in [7, 11) is 0. The van der Waals surface area contributed by atoms with E-state index in [4.69, 9.17) is 5.73 Å². The van der Waals surface area contributed by atoms with E-state index in [9.17, 15) is 4.79 Å². The van der Waals surface area contributed by atoms with Crippen LogP contribution in [0.2, 0.25) is 0 Å². The Kier molecular flexibility index (Phi) is 2.18. The molecule has 16 heavy (non-hydrogen) atoms. The first-order valence-corrected chi connectivity index (χ1v) is 5.03. The molecule has 0 aliphatic carbocycles. The Morgan fingerprint density at radius 2 is 2.12 bits per heavy atom. The van der Waals surface area contributed by atoms with Crippen LogP contribution in [0.3, 0.4) is 0 Å². The van der Waals surface area contributed by atoms with Crippen molar-refractivity contribution in [3.63, 3.8) is 0 Å². The number of hydrogen-bond donors (Lipinski definition) is 1. The van der Waals surface area contributed by atoms with E-state index in [-0.39, 0.29) is 5.41 Å². The first-order chi connectivity index (χ1) is 7.43. The third-order valence-corrected chi connectivity index (χ3v) is 2.45. The third-order valence-electron chi connectivity index (χ3n) is 2.45. The molecule has 2 rings (SSSR count). The Balaban J connectivity index is 2.71. The Bertz CT molecular complexity index is 551. The van der Waals surface area contributed by atoms with Gasteiger partial charge in [-0.1, -0.05) is 20.8 Å². The first kappa shape index (κ1) is 10.6. The van der Waals surface area contributed by atoms with Crippen LogP contribution in [-0.4, -0.2) is 20.9 Å². The van der Waals surface area contributed by atoms with Crippen molar-refractivity contribution < 1.29 is 4.79 Å². The second kappa shape index (κ2) is 3.30. The number of aromatic nitrogens is 3. The summed E-state index contributed by atoms with van der Waals surface area (Å²) in [6.45, 7) is 6.18. The van der Waals surface area contributed by atoms with Crippen LogP contribution < -0.4 is 5.73 Å². The number of fused-ring (bicyclic) bond motifs is 1. The van der Waals surface area contributed by atoms with Gasteiger partial charge in [0.2, 0.25) is 0 Å². The lowest BCUT2D eigenvalue weighted by molar-refractivity contribution is 0.112. The van der Waals surface area contributed by atoms with E-state index in [1.54, 1.807) is 0 Å². The highest BCUT2D eigenvalue weighted by atomic mass is 16.1. The number of nitrogens with zero attached hydrogens (tertiary/aromatic N) is 3. The summed E-state index contributed by atoms with van der Waals surface area (Å²) >= 11 is 0. The fraction of sp³-hybridized carbons (Fsp3) is 0.364. The second-order valence-electron chi connectivity index (χ2n) is 4.77. The Hall–Kier alpha value is -1.91. The number of aldehydes is 1. The zero-order valence-corrected chi connectivity index (χ0v) is 9.56. The molecule has 0 atom stereocenters. The van der Waals surface area contributed by atoms with Gasteiger partial charge in [-0.05, 0) is 0 Å². The number of rotatable bonds is 1. The standard InChI is InChI=1S/C11H14N4O/c1-11(2,3)8-4-9-13-5-7(6-16)10(12)15(9)14-8/h4-6H,12H2,1-3H3. The fourth-order valence-electron chi connectivity index (χ4n) is 1.42. The zero-order chi connectivity index (χ0) is 11.9. The van der Waals surface area contributed by atoms with Crippen LogP contribution in [0.25, 0.3) is 5.65 Å². The van der Waals surface area contributed by atoms with Crippen LogP contribution in [0.5, 0.6) is 0 Å². The molecule has 0 saturated heterocycles. The molecular weight excluding hydrogens is 204 g/mol. The molecule has 0 aliphatic heterocycles. The van der Waals surface area contributed by atoms with Crippen LogP contribution >= 0.6 is 0 Å². The van der Waals surface area contributed by atoms with E-state index < -0.39 is 0 Å². The van der Waals surface area contributed by atoms with Gasteiger partial charge in [-0.25, -0.2) is 4.98 Å². The van der Waals surface area contributed by atoms with E-state index in [1.807, 2.05) is 6.07 Å². The van der Waals surface area contributed by atoms with Gasteiger partial charge in [0.25, 0.3) is 0 Å². The maximum Gasteiger partial charge on any atom is 0.157 e. The minimum atomic E-state index is -0.0680. The van der Waals surface area contributed by atoms with Crippen LogP contribution in [0.1, 0.15) is 36.8 Å². The summed E-state index contributed by atoms with van der Waals surface area (Å²) < 4.78 is 1.50. The van der Waals surface area contributed by atoms with Crippen molar-refractivity contribution in [3.05, 3.63) is 23.5 Å². The molecule has 5 nitrogen and oxygen atoms in total. The molecule has 2 N–H and O–H groups in total. The normalized spacial score (nSPS) is 11.9. The summed E-state index contributed by atoms with van der Waals surface area (Å²) in [6.07, 6.45) is 2.14. The van der Waals surface area contributed by atoms with Gasteiger partial charge in [0.15, 0.2) is 11.9 Å². The van der Waals surface area contributed by atoms with Crippen LogP contribution in [-0.2, 0) is 5.41 Å². The van der Waals surface area contributed by atoms with E-state index in [1.165, 1.54) is 10.7 Å². The predicted octanol–water partition coefficient (Wildman–Crippen LogP) is 1.42. The number of nitrogens with two attached hydrogens (primary N) is 1. The zero-order valence-electron chi connectivity index (χ0n) is 9.56. The molecule has 0 bridgehead atoms. The van der Waals surface area contributed by atoms with Gasteiger partial charge in [0, 0.05) is 17.7 Å². The Morgan fingerprint density at radius 3 is 2.69 bits per heavy atom. The van der Waals surface area contributed by atoms with Crippen molar-refractivity contribution in [2.24, 2.45) is 0 Å². The predicted molar refractivity (Wildman–Crippen MR) is 61.5 cm³/mol. The van der Waals surface area contributed by atoms with Gasteiger partial charge >= 0.3 is 0 Å². The van der Waals surface area contributed by atoms with E-state index >= 15 is 0 Å². The lowest BCUT2D eigenvalue weighted by Gasteiger charge is -2.13. The van der Waals surface area contributed by atoms with Crippen LogP contribution in [0, 0.1) is 0 Å². The van der Waals surface area contributed by atoms with Crippen LogP contribution in [0.4, 0.5) is 5.82 Å². The van der Waals surface area contributed by atoms with Gasteiger partial charge in [-0.15, -0.1) is 0 Å². The molecule has 0 amide bonds. The molecule has 0 aromatic carbocycles. The maximum atomic E-state index is 10.7. The minimum absolute atomic E-state index is 0.0680. The molecule has 2 aromatic heterocycles. The highest BCUT2D eigenvalue weighted by Crippen LogP contribution is 2.22. The molecule has 0 aliphatic rings. The molecule has 0 spiro atoms. The van der Waals surface area contributed by atoms with Crippen molar-refractivity contribution in [2.45, 2.75) is 26.2 Å². The maximum absolute atomic E-state index is 10.7. The number of carbonyl (C=O) groups is 1. The lowest BCUT2D eigenvalue weighted by atomic mass is 9.93. The number of hydrogen-bond acceptors (Lipinski definition) is 4. The quantitative estimate of drug-likeness (QED) is 0.735. The monoisotopic (exact) mass is 218 g/mol. The van der Waals surface area contributed by atoms with Crippen molar-refractivity contribution in [2.75, 3.05) is 5.73 Å². The minimum Gasteiger partial charge on any atom is -0.383 e. The summed E-state index contributed by atoms with van der Waals surface area (Å²) in [5, 5.41) is 4.36. The number of carbonyl (C=O) groups excluding carboxylic acids is 1. The Labute approximate surface area is 93.3 Å². The third kappa shape index (κ3) is 1.54. The van der Waals surface area contributed by atoms with Crippen molar-refractivity contribution in [1.29, 1.82) is 0 Å². The topological polar surface area (TPSA) is 73.3 Å². The van der Waals surface area contributed by atoms with Gasteiger partial charge in [0.05, 0.1) is 11.3 Å². The van der Waals surface area contributed by atoms with Crippen molar-refractivity contribution >= 4 is 17.8 Å². The van der Waals surface area contributed by atoms with E-state index in [2.05, 4.69) is 30.9 Å². The van der Waals surface area contributed by atoms with E-state index in [0.717, 1.165) is 5.69 Å². The average molecular weight is 218 g/mol. The molecule has 0 fully saturated rings. The molecule has 2 aromatic rings. The van der Waals surface area contributed by atoms with Gasteiger partial charge in [0.1, 0.15) is 5.82 Å².